The molecule has 94 valence electrons. The number of aryl methyl sites for hydroxylation is 1. The van der Waals surface area contributed by atoms with E-state index in [1.54, 1.807) is 0 Å². The van der Waals surface area contributed by atoms with Crippen molar-refractivity contribution < 1.29 is 18.7 Å². The Morgan fingerprint density at radius 3 is 2.78 bits per heavy atom. The van der Waals surface area contributed by atoms with Crippen molar-refractivity contribution in [1.82, 2.24) is 10.2 Å². The van der Waals surface area contributed by atoms with Crippen molar-refractivity contribution in [2.75, 3.05) is 0 Å². The van der Waals surface area contributed by atoms with Crippen molar-refractivity contribution in [3.63, 3.8) is 0 Å². The van der Waals surface area contributed by atoms with Crippen molar-refractivity contribution in [1.29, 1.82) is 0 Å². The molecule has 0 atom stereocenters. The molecule has 0 aliphatic heterocycles. The van der Waals surface area contributed by atoms with Crippen LogP contribution in [-0.2, 0) is 11.2 Å². The molecule has 0 saturated heterocycles. The Balaban J connectivity index is 2.30. The predicted octanol–water partition coefficient (Wildman–Crippen LogP) is 2.37. The first kappa shape index (κ1) is 12.2. The summed E-state index contributed by atoms with van der Waals surface area (Å²) in [5.74, 6) is -2.80. The highest BCUT2D eigenvalue weighted by Gasteiger charge is 2.11. The highest BCUT2D eigenvalue weighted by molar-refractivity contribution is 5.68. The third kappa shape index (κ3) is 2.53. The smallest absolute Gasteiger partial charge is 0.303 e. The lowest BCUT2D eigenvalue weighted by atomic mass is 10.0. The Bertz CT molecular complexity index is 581. The average Bonchev–Trinajstić information content (AvgIpc) is 2.78. The van der Waals surface area contributed by atoms with Gasteiger partial charge in [0.25, 0.3) is 0 Å². The van der Waals surface area contributed by atoms with Crippen LogP contribution in [0.3, 0.4) is 0 Å². The minimum absolute atomic E-state index is 0.0454. The molecule has 6 heteroatoms. The van der Waals surface area contributed by atoms with Crippen LogP contribution < -0.4 is 0 Å². The highest BCUT2D eigenvalue weighted by Crippen LogP contribution is 2.23. The second-order valence-corrected chi connectivity index (χ2v) is 3.79. The summed E-state index contributed by atoms with van der Waals surface area (Å²) in [5.41, 5.74) is 1.60. The standard InChI is InChI=1S/C12H10F2N2O2/c13-9-3-1-7(5-10(9)14)12-8(6-15-16-12)2-4-11(17)18/h1,3,5-6H,2,4H2,(H,15,16)(H,17,18). The number of carboxylic acid groups (broad SMARTS) is 1. The second kappa shape index (κ2) is 4.95. The number of aliphatic carboxylic acids is 1. The summed E-state index contributed by atoms with van der Waals surface area (Å²) in [7, 11) is 0. The Morgan fingerprint density at radius 2 is 2.11 bits per heavy atom. The Kier molecular flexibility index (Phi) is 3.36. The molecule has 0 saturated carbocycles. The van der Waals surface area contributed by atoms with Crippen LogP contribution in [0, 0.1) is 11.6 Å². The molecule has 0 aliphatic carbocycles. The number of carboxylic acids is 1. The van der Waals surface area contributed by atoms with Gasteiger partial charge in [0, 0.05) is 12.0 Å². The summed E-state index contributed by atoms with van der Waals surface area (Å²) in [6, 6.07) is 3.48. The van der Waals surface area contributed by atoms with E-state index in [1.165, 1.54) is 12.3 Å². The molecule has 0 fully saturated rings. The summed E-state index contributed by atoms with van der Waals surface area (Å²) < 4.78 is 25.9. The lowest BCUT2D eigenvalue weighted by Crippen LogP contribution is -1.98. The van der Waals surface area contributed by atoms with Gasteiger partial charge in [0.2, 0.25) is 0 Å². The van der Waals surface area contributed by atoms with E-state index in [2.05, 4.69) is 10.2 Å². The van der Waals surface area contributed by atoms with Gasteiger partial charge in [-0.3, -0.25) is 9.89 Å². The molecule has 2 rings (SSSR count). The molecule has 0 unspecified atom stereocenters. The first-order valence-electron chi connectivity index (χ1n) is 5.27. The number of nitrogens with one attached hydrogen (secondary N) is 1. The van der Waals surface area contributed by atoms with E-state index in [1.807, 2.05) is 0 Å². The monoisotopic (exact) mass is 252 g/mol. The first-order valence-corrected chi connectivity index (χ1v) is 5.27. The first-order chi connectivity index (χ1) is 8.58. The SMILES string of the molecule is O=C(O)CCc1cn[nH]c1-c1ccc(F)c(F)c1. The number of hydrogen-bond acceptors (Lipinski definition) is 2. The van der Waals surface area contributed by atoms with Crippen LogP contribution in [0.5, 0.6) is 0 Å². The molecule has 1 heterocycles. The van der Waals surface area contributed by atoms with Gasteiger partial charge in [0.15, 0.2) is 11.6 Å². The van der Waals surface area contributed by atoms with Gasteiger partial charge >= 0.3 is 5.97 Å². The number of rotatable bonds is 4. The fraction of sp³-hybridized carbons (Fsp3) is 0.167. The molecular weight excluding hydrogens is 242 g/mol. The summed E-state index contributed by atoms with van der Waals surface area (Å²) >= 11 is 0. The summed E-state index contributed by atoms with van der Waals surface area (Å²) in [4.78, 5) is 10.5. The fourth-order valence-corrected chi connectivity index (χ4v) is 1.64. The zero-order valence-corrected chi connectivity index (χ0v) is 9.28. The molecule has 2 N–H and O–H groups in total. The van der Waals surface area contributed by atoms with E-state index in [4.69, 9.17) is 5.11 Å². The average molecular weight is 252 g/mol. The predicted molar refractivity (Wildman–Crippen MR) is 59.9 cm³/mol. The zero-order valence-electron chi connectivity index (χ0n) is 9.28. The number of carbonyl (C=O) groups is 1. The van der Waals surface area contributed by atoms with Crippen molar-refractivity contribution in [2.24, 2.45) is 0 Å². The van der Waals surface area contributed by atoms with Crippen LogP contribution in [0.4, 0.5) is 8.78 Å². The molecule has 1 aromatic carbocycles. The van der Waals surface area contributed by atoms with Crippen LogP contribution in [0.2, 0.25) is 0 Å². The van der Waals surface area contributed by atoms with Crippen LogP contribution in [0.15, 0.2) is 24.4 Å². The topological polar surface area (TPSA) is 66.0 Å². The molecule has 18 heavy (non-hydrogen) atoms. The van der Waals surface area contributed by atoms with Gasteiger partial charge in [0.1, 0.15) is 0 Å². The lowest BCUT2D eigenvalue weighted by Gasteiger charge is -2.03. The molecule has 0 radical (unpaired) electrons. The van der Waals surface area contributed by atoms with Crippen molar-refractivity contribution in [3.8, 4) is 11.3 Å². The van der Waals surface area contributed by atoms with Gasteiger partial charge in [-0.25, -0.2) is 8.78 Å². The molecule has 4 nitrogen and oxygen atoms in total. The summed E-state index contributed by atoms with van der Waals surface area (Å²) in [6.07, 6.45) is 1.72. The van der Waals surface area contributed by atoms with Gasteiger partial charge in [-0.15, -0.1) is 0 Å². The van der Waals surface area contributed by atoms with E-state index >= 15 is 0 Å². The van der Waals surface area contributed by atoms with E-state index in [9.17, 15) is 13.6 Å². The third-order valence-electron chi connectivity index (χ3n) is 2.53. The number of benzene rings is 1. The van der Waals surface area contributed by atoms with E-state index < -0.39 is 17.6 Å². The normalized spacial score (nSPS) is 10.6. The quantitative estimate of drug-likeness (QED) is 0.877. The highest BCUT2D eigenvalue weighted by atomic mass is 19.2. The number of halogens is 2. The minimum Gasteiger partial charge on any atom is -0.481 e. The maximum absolute atomic E-state index is 13.1. The number of aromatic nitrogens is 2. The van der Waals surface area contributed by atoms with Crippen LogP contribution >= 0.6 is 0 Å². The summed E-state index contributed by atoms with van der Waals surface area (Å²) in [6.45, 7) is 0. The fourth-order valence-electron chi connectivity index (χ4n) is 1.64. The van der Waals surface area contributed by atoms with E-state index in [-0.39, 0.29) is 12.8 Å². The molecule has 0 amide bonds. The number of aromatic amines is 1. The van der Waals surface area contributed by atoms with Crippen LogP contribution in [0.25, 0.3) is 11.3 Å². The summed E-state index contributed by atoms with van der Waals surface area (Å²) in [5, 5.41) is 15.1. The van der Waals surface area contributed by atoms with Gasteiger partial charge < -0.3 is 5.11 Å². The van der Waals surface area contributed by atoms with Crippen molar-refractivity contribution >= 4 is 5.97 Å². The molecular formula is C12H10F2N2O2. The third-order valence-corrected chi connectivity index (χ3v) is 2.53. The minimum atomic E-state index is -0.953. The molecule has 0 bridgehead atoms. The van der Waals surface area contributed by atoms with Crippen molar-refractivity contribution in [3.05, 3.63) is 41.6 Å². The van der Waals surface area contributed by atoms with Crippen LogP contribution in [0.1, 0.15) is 12.0 Å². The Morgan fingerprint density at radius 1 is 1.33 bits per heavy atom. The van der Waals surface area contributed by atoms with Gasteiger partial charge in [-0.05, 0) is 30.2 Å². The van der Waals surface area contributed by atoms with Gasteiger partial charge in [0.05, 0.1) is 11.9 Å². The maximum Gasteiger partial charge on any atom is 0.303 e. The Labute approximate surface area is 101 Å². The van der Waals surface area contributed by atoms with E-state index in [0.717, 1.165) is 12.1 Å². The van der Waals surface area contributed by atoms with Gasteiger partial charge in [-0.1, -0.05) is 0 Å². The molecule has 2 aromatic rings. The number of H-pyrrole nitrogens is 1. The molecule has 1 aromatic heterocycles. The van der Waals surface area contributed by atoms with Crippen LogP contribution in [-0.4, -0.2) is 21.3 Å². The lowest BCUT2D eigenvalue weighted by molar-refractivity contribution is -0.136. The van der Waals surface area contributed by atoms with E-state index in [0.29, 0.717) is 16.8 Å². The largest absolute Gasteiger partial charge is 0.481 e. The maximum atomic E-state index is 13.1. The molecule has 0 spiro atoms. The number of nitrogens with zero attached hydrogens (tertiary/aromatic N) is 1. The molecule has 0 aliphatic rings. The van der Waals surface area contributed by atoms with Gasteiger partial charge in [-0.2, -0.15) is 5.10 Å². The second-order valence-electron chi connectivity index (χ2n) is 3.79. The number of hydrogen-bond donors (Lipinski definition) is 2. The zero-order chi connectivity index (χ0) is 13.1. The Hall–Kier alpha value is -2.24. The van der Waals surface area contributed by atoms with Crippen molar-refractivity contribution in [2.45, 2.75) is 12.8 Å².